The maximum Gasteiger partial charge on any atom is 0.319 e. The molecule has 0 fully saturated rings. The minimum absolute atomic E-state index is 0.0449. The summed E-state index contributed by atoms with van der Waals surface area (Å²) in [6.45, 7) is 4.58. The Bertz CT molecular complexity index is 629. The number of urea groups is 1. The van der Waals surface area contributed by atoms with Gasteiger partial charge in [-0.05, 0) is 48.6 Å². The van der Waals surface area contributed by atoms with Gasteiger partial charge in [-0.2, -0.15) is 0 Å². The molecule has 2 aromatic rings. The van der Waals surface area contributed by atoms with Gasteiger partial charge in [-0.25, -0.2) is 4.79 Å². The van der Waals surface area contributed by atoms with Crippen LogP contribution in [0.5, 0.6) is 0 Å². The summed E-state index contributed by atoms with van der Waals surface area (Å²) in [5.41, 5.74) is 3.08. The van der Waals surface area contributed by atoms with Crippen LogP contribution in [0.25, 0.3) is 0 Å². The van der Waals surface area contributed by atoms with Gasteiger partial charge in [0.25, 0.3) is 0 Å². The van der Waals surface area contributed by atoms with Gasteiger partial charge < -0.3 is 20.5 Å². The Balaban J connectivity index is 1.89. The van der Waals surface area contributed by atoms with Crippen LogP contribution < -0.4 is 10.6 Å². The molecule has 0 saturated carbocycles. The van der Waals surface area contributed by atoms with Gasteiger partial charge >= 0.3 is 6.03 Å². The van der Waals surface area contributed by atoms with E-state index in [0.29, 0.717) is 6.54 Å². The lowest BCUT2D eigenvalue weighted by atomic mass is 10.1. The lowest BCUT2D eigenvalue weighted by molar-refractivity contribution is 0.0316. The molecule has 0 bridgehead atoms. The first-order chi connectivity index (χ1) is 11.1. The van der Waals surface area contributed by atoms with Crippen LogP contribution in [0.1, 0.15) is 22.1 Å². The molecule has 0 saturated heterocycles. The highest BCUT2D eigenvalue weighted by molar-refractivity contribution is 7.10. The normalized spacial score (nSPS) is 12.0. The average molecular weight is 334 g/mol. The van der Waals surface area contributed by atoms with Crippen molar-refractivity contribution in [3.8, 4) is 0 Å². The molecule has 23 heavy (non-hydrogen) atoms. The minimum Gasteiger partial charge on any atom is -0.394 e. The molecule has 0 unspecified atom stereocenters. The fourth-order valence-electron chi connectivity index (χ4n) is 2.09. The highest BCUT2D eigenvalue weighted by Crippen LogP contribution is 2.22. The first-order valence-corrected chi connectivity index (χ1v) is 8.36. The van der Waals surface area contributed by atoms with Crippen LogP contribution in [0.15, 0.2) is 35.7 Å². The predicted molar refractivity (Wildman–Crippen MR) is 93.0 cm³/mol. The lowest BCUT2D eigenvalue weighted by Crippen LogP contribution is -2.33. The van der Waals surface area contributed by atoms with Gasteiger partial charge in [0.1, 0.15) is 6.10 Å². The monoisotopic (exact) mass is 334 g/mol. The molecule has 0 aliphatic rings. The summed E-state index contributed by atoms with van der Waals surface area (Å²) in [6.07, 6.45) is -0.257. The Labute approximate surface area is 140 Å². The van der Waals surface area contributed by atoms with Crippen molar-refractivity contribution in [1.82, 2.24) is 5.32 Å². The molecule has 124 valence electrons. The molecule has 5 nitrogen and oxygen atoms in total. The fraction of sp³-hybridized carbons (Fsp3) is 0.353. The van der Waals surface area contributed by atoms with E-state index in [1.165, 1.54) is 5.56 Å². The Kier molecular flexibility index (Phi) is 6.58. The van der Waals surface area contributed by atoms with Crippen molar-refractivity contribution in [2.75, 3.05) is 25.1 Å². The van der Waals surface area contributed by atoms with Gasteiger partial charge in [-0.3, -0.25) is 0 Å². The number of aliphatic hydroxyl groups is 1. The van der Waals surface area contributed by atoms with E-state index in [0.717, 1.165) is 16.1 Å². The van der Waals surface area contributed by atoms with Gasteiger partial charge in [0.2, 0.25) is 0 Å². The van der Waals surface area contributed by atoms with Crippen molar-refractivity contribution < 1.29 is 14.6 Å². The summed E-state index contributed by atoms with van der Waals surface area (Å²) in [6, 6.07) is 9.40. The van der Waals surface area contributed by atoms with E-state index in [9.17, 15) is 4.79 Å². The second kappa shape index (κ2) is 8.67. The standard InChI is InChI=1S/C17H22N2O3S/c1-12-5-6-14(10-13(12)2)19-17(21)18-11-15(22-8-7-20)16-4-3-9-23-16/h3-6,9-10,15,20H,7-8,11H2,1-2H3,(H2,18,19,21)/t15-/m0/s1. The van der Waals surface area contributed by atoms with E-state index in [1.54, 1.807) is 11.3 Å². The van der Waals surface area contributed by atoms with Crippen molar-refractivity contribution in [3.63, 3.8) is 0 Å². The summed E-state index contributed by atoms with van der Waals surface area (Å²) < 4.78 is 5.59. The number of rotatable bonds is 7. The van der Waals surface area contributed by atoms with Crippen LogP contribution in [0, 0.1) is 13.8 Å². The van der Waals surface area contributed by atoms with E-state index in [1.807, 2.05) is 49.6 Å². The van der Waals surface area contributed by atoms with Crippen molar-refractivity contribution in [3.05, 3.63) is 51.7 Å². The molecule has 1 aromatic carbocycles. The van der Waals surface area contributed by atoms with Crippen LogP contribution in [-0.4, -0.2) is 30.9 Å². The number of ether oxygens (including phenoxy) is 1. The molecule has 1 heterocycles. The largest absolute Gasteiger partial charge is 0.394 e. The molecule has 3 N–H and O–H groups in total. The molecular formula is C17H22N2O3S. The molecule has 0 radical (unpaired) electrons. The molecule has 1 atom stereocenters. The molecule has 6 heteroatoms. The number of benzene rings is 1. The summed E-state index contributed by atoms with van der Waals surface area (Å²) in [5.74, 6) is 0. The van der Waals surface area contributed by atoms with Crippen molar-refractivity contribution >= 4 is 23.1 Å². The van der Waals surface area contributed by atoms with Crippen LogP contribution in [0.3, 0.4) is 0 Å². The maximum atomic E-state index is 12.0. The topological polar surface area (TPSA) is 70.6 Å². The zero-order valence-electron chi connectivity index (χ0n) is 13.3. The molecule has 0 spiro atoms. The van der Waals surface area contributed by atoms with Crippen LogP contribution >= 0.6 is 11.3 Å². The summed E-state index contributed by atoms with van der Waals surface area (Å²) in [5, 5.41) is 16.5. The number of carbonyl (C=O) groups is 1. The summed E-state index contributed by atoms with van der Waals surface area (Å²) >= 11 is 1.56. The van der Waals surface area contributed by atoms with Gasteiger partial charge in [0.15, 0.2) is 0 Å². The SMILES string of the molecule is Cc1ccc(NC(=O)NC[C@H](OCCO)c2cccs2)cc1C. The van der Waals surface area contributed by atoms with Crippen molar-refractivity contribution in [2.45, 2.75) is 20.0 Å². The number of amides is 2. The molecule has 1 aromatic heterocycles. The first kappa shape index (κ1) is 17.5. The predicted octanol–water partition coefficient (Wildman–Crippen LogP) is 3.24. The smallest absolute Gasteiger partial charge is 0.319 e. The first-order valence-electron chi connectivity index (χ1n) is 7.48. The third-order valence-corrected chi connectivity index (χ3v) is 4.45. The lowest BCUT2D eigenvalue weighted by Gasteiger charge is -2.17. The Hall–Kier alpha value is -1.89. The Morgan fingerprint density at radius 1 is 1.30 bits per heavy atom. The third kappa shape index (κ3) is 5.35. The Morgan fingerprint density at radius 3 is 2.78 bits per heavy atom. The number of hydrogen-bond donors (Lipinski definition) is 3. The van der Waals surface area contributed by atoms with Crippen LogP contribution in [0.2, 0.25) is 0 Å². The third-order valence-electron chi connectivity index (χ3n) is 3.48. The summed E-state index contributed by atoms with van der Waals surface area (Å²) in [4.78, 5) is 13.1. The van der Waals surface area contributed by atoms with E-state index in [2.05, 4.69) is 10.6 Å². The highest BCUT2D eigenvalue weighted by atomic mass is 32.1. The Morgan fingerprint density at radius 2 is 2.13 bits per heavy atom. The molecule has 2 rings (SSSR count). The van der Waals surface area contributed by atoms with E-state index >= 15 is 0 Å². The zero-order chi connectivity index (χ0) is 16.7. The fourth-order valence-corrected chi connectivity index (χ4v) is 2.87. The van der Waals surface area contributed by atoms with Gasteiger partial charge in [0, 0.05) is 10.6 Å². The molecule has 0 aliphatic heterocycles. The zero-order valence-corrected chi connectivity index (χ0v) is 14.2. The van der Waals surface area contributed by atoms with E-state index in [-0.39, 0.29) is 25.3 Å². The van der Waals surface area contributed by atoms with Gasteiger partial charge in [-0.1, -0.05) is 12.1 Å². The van der Waals surface area contributed by atoms with Gasteiger partial charge in [-0.15, -0.1) is 11.3 Å². The van der Waals surface area contributed by atoms with E-state index < -0.39 is 0 Å². The van der Waals surface area contributed by atoms with Gasteiger partial charge in [0.05, 0.1) is 19.8 Å². The number of carbonyl (C=O) groups excluding carboxylic acids is 1. The molecule has 2 amide bonds. The highest BCUT2D eigenvalue weighted by Gasteiger charge is 2.14. The number of aliphatic hydroxyl groups excluding tert-OH is 1. The number of thiophene rings is 1. The quantitative estimate of drug-likeness (QED) is 0.728. The molecule has 0 aliphatic carbocycles. The number of nitrogens with one attached hydrogen (secondary N) is 2. The van der Waals surface area contributed by atoms with Crippen LogP contribution in [0.4, 0.5) is 10.5 Å². The number of aryl methyl sites for hydroxylation is 2. The number of anilines is 1. The second-order valence-electron chi connectivity index (χ2n) is 5.23. The molecular weight excluding hydrogens is 312 g/mol. The van der Waals surface area contributed by atoms with Crippen LogP contribution in [-0.2, 0) is 4.74 Å². The van der Waals surface area contributed by atoms with E-state index in [4.69, 9.17) is 9.84 Å². The van der Waals surface area contributed by atoms with Crippen molar-refractivity contribution in [2.24, 2.45) is 0 Å². The minimum atomic E-state index is -0.276. The number of hydrogen-bond acceptors (Lipinski definition) is 4. The maximum absolute atomic E-state index is 12.0. The second-order valence-corrected chi connectivity index (χ2v) is 6.21. The van der Waals surface area contributed by atoms with Crippen molar-refractivity contribution in [1.29, 1.82) is 0 Å². The average Bonchev–Trinajstić information content (AvgIpc) is 3.05. The summed E-state index contributed by atoms with van der Waals surface area (Å²) in [7, 11) is 0.